The van der Waals surface area contributed by atoms with Crippen LogP contribution in [0.25, 0.3) is 17.3 Å². The van der Waals surface area contributed by atoms with Crippen LogP contribution in [-0.2, 0) is 17.3 Å². The molecule has 2 atom stereocenters. The molecule has 2 aromatic heterocycles. The van der Waals surface area contributed by atoms with Gasteiger partial charge < -0.3 is 25.4 Å². The molecule has 0 aliphatic rings. The normalized spacial score (nSPS) is 13.4. The number of carbonyl (C=O) groups excluding carboxylic acids is 1. The molecule has 0 bridgehead atoms. The van der Waals surface area contributed by atoms with Gasteiger partial charge in [-0.2, -0.15) is 5.10 Å². The number of carboxylic acids is 1. The maximum absolute atomic E-state index is 13.7. The summed E-state index contributed by atoms with van der Waals surface area (Å²) in [7, 11) is 1.83. The summed E-state index contributed by atoms with van der Waals surface area (Å²) >= 11 is 0. The summed E-state index contributed by atoms with van der Waals surface area (Å²) in [6.07, 6.45) is -0.00778. The van der Waals surface area contributed by atoms with E-state index in [9.17, 15) is 24.5 Å². The topological polar surface area (TPSA) is 136 Å². The minimum atomic E-state index is -1.39. The molecule has 0 amide bonds. The average molecular weight is 548 g/mol. The Bertz CT molecular complexity index is 1300. The summed E-state index contributed by atoms with van der Waals surface area (Å²) in [5, 5.41) is 38.8. The van der Waals surface area contributed by atoms with Crippen molar-refractivity contribution in [1.82, 2.24) is 19.7 Å². The van der Waals surface area contributed by atoms with Gasteiger partial charge in [0.05, 0.1) is 29.3 Å². The van der Waals surface area contributed by atoms with Gasteiger partial charge in [-0.3, -0.25) is 4.68 Å². The molecular formula is C28H35FN5NaO4. The van der Waals surface area contributed by atoms with Crippen molar-refractivity contribution >= 4 is 23.8 Å². The van der Waals surface area contributed by atoms with Crippen LogP contribution < -0.4 is 40.0 Å². The summed E-state index contributed by atoms with van der Waals surface area (Å²) in [5.41, 5.74) is 3.21. The van der Waals surface area contributed by atoms with Crippen molar-refractivity contribution in [2.24, 2.45) is 7.05 Å². The first-order valence-electron chi connectivity index (χ1n) is 12.5. The van der Waals surface area contributed by atoms with E-state index < -0.39 is 24.6 Å². The fraction of sp³-hybridized carbons (Fsp3) is 0.429. The van der Waals surface area contributed by atoms with Crippen LogP contribution in [0.4, 0.5) is 16.2 Å². The minimum Gasteiger partial charge on any atom is -0.550 e. The fourth-order valence-corrected chi connectivity index (χ4v) is 3.88. The molecule has 0 saturated carbocycles. The van der Waals surface area contributed by atoms with Gasteiger partial charge in [-0.05, 0) is 30.2 Å². The summed E-state index contributed by atoms with van der Waals surface area (Å²) < 4.78 is 15.4. The second-order valence-electron chi connectivity index (χ2n) is 10.7. The van der Waals surface area contributed by atoms with Gasteiger partial charge in [-0.1, -0.05) is 46.8 Å². The van der Waals surface area contributed by atoms with Crippen LogP contribution in [0.5, 0.6) is 0 Å². The third-order valence-corrected chi connectivity index (χ3v) is 5.93. The molecule has 1 aromatic carbocycles. The molecule has 0 radical (unpaired) electrons. The number of rotatable bonds is 10. The summed E-state index contributed by atoms with van der Waals surface area (Å²) in [6, 6.07) is 7.86. The zero-order valence-corrected chi connectivity index (χ0v) is 25.6. The first-order valence-corrected chi connectivity index (χ1v) is 12.5. The van der Waals surface area contributed by atoms with E-state index in [1.54, 1.807) is 22.9 Å². The van der Waals surface area contributed by atoms with Gasteiger partial charge in [0.2, 0.25) is 5.95 Å². The first-order chi connectivity index (χ1) is 17.7. The van der Waals surface area contributed by atoms with E-state index in [0.29, 0.717) is 34.3 Å². The largest absolute Gasteiger partial charge is 1.00 e. The number of benzene rings is 1. The molecule has 0 aliphatic carbocycles. The number of anilines is 2. The monoisotopic (exact) mass is 547 g/mol. The second-order valence-corrected chi connectivity index (χ2v) is 10.7. The molecule has 11 heteroatoms. The van der Waals surface area contributed by atoms with Gasteiger partial charge in [-0.25, -0.2) is 14.4 Å². The predicted molar refractivity (Wildman–Crippen MR) is 142 cm³/mol. The Hall–Kier alpha value is -2.63. The van der Waals surface area contributed by atoms with E-state index in [-0.39, 0.29) is 53.1 Å². The predicted octanol–water partition coefficient (Wildman–Crippen LogP) is 0.450. The Morgan fingerprint density at radius 3 is 2.36 bits per heavy atom. The van der Waals surface area contributed by atoms with E-state index in [2.05, 4.69) is 31.2 Å². The third kappa shape index (κ3) is 8.94. The molecule has 0 spiro atoms. The van der Waals surface area contributed by atoms with Crippen molar-refractivity contribution in [3.8, 4) is 11.3 Å². The zero-order chi connectivity index (χ0) is 28.2. The van der Waals surface area contributed by atoms with Gasteiger partial charge in [-0.15, -0.1) is 0 Å². The van der Waals surface area contributed by atoms with Crippen molar-refractivity contribution < 1.29 is 54.1 Å². The van der Waals surface area contributed by atoms with Gasteiger partial charge >= 0.3 is 29.6 Å². The molecule has 0 fully saturated rings. The quantitative estimate of drug-likeness (QED) is 0.312. The number of aliphatic hydroxyl groups excluding tert-OH is 2. The Balaban J connectivity index is 0.00000533. The zero-order valence-electron chi connectivity index (χ0n) is 23.6. The van der Waals surface area contributed by atoms with E-state index in [1.165, 1.54) is 18.2 Å². The molecule has 2 heterocycles. The van der Waals surface area contributed by atoms with Crippen molar-refractivity contribution in [3.63, 3.8) is 0 Å². The number of aliphatic hydroxyl groups is 2. The van der Waals surface area contributed by atoms with Gasteiger partial charge in [0, 0.05) is 48.5 Å². The molecule has 3 N–H and O–H groups in total. The van der Waals surface area contributed by atoms with Gasteiger partial charge in [0.1, 0.15) is 11.6 Å². The number of aryl methyl sites for hydroxylation is 1. The number of halogens is 1. The SMILES string of the molecule is CC(C)c1nc(Nc2cc(C(C)(C)C)nn2C)nc(-c2ccc(F)cc2)c1/C=C/[C@@H](O)C[C@@H](O)CC(=O)[O-].[Na+]. The fourth-order valence-electron chi connectivity index (χ4n) is 3.88. The van der Waals surface area contributed by atoms with E-state index in [1.807, 2.05) is 27.0 Å². The van der Waals surface area contributed by atoms with Crippen LogP contribution in [-0.4, -0.2) is 48.1 Å². The van der Waals surface area contributed by atoms with Crippen LogP contribution in [0.3, 0.4) is 0 Å². The van der Waals surface area contributed by atoms with E-state index in [4.69, 9.17) is 9.97 Å². The van der Waals surface area contributed by atoms with E-state index >= 15 is 0 Å². The van der Waals surface area contributed by atoms with Gasteiger partial charge in [0.15, 0.2) is 0 Å². The number of nitrogens with zero attached hydrogens (tertiary/aromatic N) is 4. The maximum Gasteiger partial charge on any atom is 1.00 e. The number of hydrogen-bond donors (Lipinski definition) is 3. The van der Waals surface area contributed by atoms with Crippen molar-refractivity contribution in [2.45, 2.75) is 71.0 Å². The smallest absolute Gasteiger partial charge is 0.550 e. The van der Waals surface area contributed by atoms with Crippen LogP contribution in [0, 0.1) is 5.82 Å². The first kappa shape index (κ1) is 32.6. The van der Waals surface area contributed by atoms with Crippen molar-refractivity contribution in [2.75, 3.05) is 5.32 Å². The molecule has 0 aliphatic heterocycles. The third-order valence-electron chi connectivity index (χ3n) is 5.93. The number of hydrogen-bond acceptors (Lipinski definition) is 8. The molecule has 0 unspecified atom stereocenters. The molecular weight excluding hydrogens is 512 g/mol. The van der Waals surface area contributed by atoms with Gasteiger partial charge in [0.25, 0.3) is 0 Å². The van der Waals surface area contributed by atoms with Crippen LogP contribution in [0.15, 0.2) is 36.4 Å². The van der Waals surface area contributed by atoms with Crippen LogP contribution in [0.1, 0.15) is 70.3 Å². The van der Waals surface area contributed by atoms with Crippen molar-refractivity contribution in [3.05, 3.63) is 59.2 Å². The summed E-state index contributed by atoms with van der Waals surface area (Å²) in [5.74, 6) is -0.790. The molecule has 39 heavy (non-hydrogen) atoms. The summed E-state index contributed by atoms with van der Waals surface area (Å²) in [6.45, 7) is 10.2. The number of aliphatic carboxylic acids is 1. The Morgan fingerprint density at radius 1 is 1.18 bits per heavy atom. The van der Waals surface area contributed by atoms with E-state index in [0.717, 1.165) is 5.69 Å². The number of carbonyl (C=O) groups is 1. The Morgan fingerprint density at radius 2 is 1.82 bits per heavy atom. The Labute approximate surface area is 250 Å². The molecule has 9 nitrogen and oxygen atoms in total. The molecule has 0 saturated heterocycles. The number of aromatic nitrogens is 4. The number of nitrogens with one attached hydrogen (secondary N) is 1. The molecule has 3 aromatic rings. The second kappa shape index (κ2) is 13.6. The van der Waals surface area contributed by atoms with Crippen molar-refractivity contribution in [1.29, 1.82) is 0 Å². The molecule has 3 rings (SSSR count). The molecule has 204 valence electrons. The minimum absolute atomic E-state index is 0. The van der Waals surface area contributed by atoms with Crippen LogP contribution in [0.2, 0.25) is 0 Å². The van der Waals surface area contributed by atoms with Crippen LogP contribution >= 0.6 is 0 Å². The Kier molecular flexibility index (Phi) is 11.4. The maximum atomic E-state index is 13.7. The number of carboxylic acid groups (broad SMARTS) is 1. The summed E-state index contributed by atoms with van der Waals surface area (Å²) in [4.78, 5) is 20.2. The standard InChI is InChI=1S/C28H36FN5O4.Na/c1-16(2)25-21(12-11-19(35)13-20(36)14-24(37)38)26(17-7-9-18(29)10-8-17)32-27(31-25)30-23-15-22(28(3,4)5)33-34(23)6;/h7-12,15-16,19-20,35-36H,13-14H2,1-6H3,(H,37,38)(H,30,31,32);/q;+1/p-1/b12-11+;/t19-,20-;/m1./s1. The average Bonchev–Trinajstić information content (AvgIpc) is 3.18.